The Kier molecular flexibility index (Phi) is 6.76. The van der Waals surface area contributed by atoms with Crippen LogP contribution in [-0.2, 0) is 11.2 Å². The molecular formula is C21H28N4O2. The lowest BCUT2D eigenvalue weighted by molar-refractivity contribution is 0.0684. The van der Waals surface area contributed by atoms with Crippen LogP contribution in [0.1, 0.15) is 34.7 Å². The van der Waals surface area contributed by atoms with Crippen LogP contribution in [0.25, 0.3) is 0 Å². The van der Waals surface area contributed by atoms with E-state index in [1.807, 2.05) is 17.9 Å². The van der Waals surface area contributed by atoms with Gasteiger partial charge in [0.1, 0.15) is 17.3 Å². The Morgan fingerprint density at radius 2 is 1.96 bits per heavy atom. The summed E-state index contributed by atoms with van der Waals surface area (Å²) in [4.78, 5) is 23.5. The van der Waals surface area contributed by atoms with Gasteiger partial charge in [-0.2, -0.15) is 0 Å². The second-order valence-corrected chi connectivity index (χ2v) is 7.03. The molecule has 1 saturated heterocycles. The van der Waals surface area contributed by atoms with E-state index in [1.54, 1.807) is 13.2 Å². The highest BCUT2D eigenvalue weighted by molar-refractivity contribution is 5.93. The molecule has 6 heteroatoms. The predicted octanol–water partition coefficient (Wildman–Crippen LogP) is 2.94. The number of aromatic nitrogens is 2. The summed E-state index contributed by atoms with van der Waals surface area (Å²) >= 11 is 0. The van der Waals surface area contributed by atoms with Crippen molar-refractivity contribution in [3.63, 3.8) is 0 Å². The first kappa shape index (κ1) is 19.3. The lowest BCUT2D eigenvalue weighted by Gasteiger charge is -2.32. The third-order valence-electron chi connectivity index (χ3n) is 4.94. The molecule has 0 bridgehead atoms. The first-order valence-electron chi connectivity index (χ1n) is 9.57. The quantitative estimate of drug-likeness (QED) is 0.761. The molecule has 1 amide bonds. The molecule has 2 aromatic rings. The van der Waals surface area contributed by atoms with Crippen molar-refractivity contribution in [2.75, 3.05) is 38.7 Å². The maximum Gasteiger partial charge on any atom is 0.272 e. The normalized spacial score (nSPS) is 15.0. The molecular weight excluding hydrogens is 340 g/mol. The highest BCUT2D eigenvalue weighted by Gasteiger charge is 2.25. The van der Waals surface area contributed by atoms with E-state index in [0.29, 0.717) is 36.4 Å². The fourth-order valence-corrected chi connectivity index (χ4v) is 3.50. The van der Waals surface area contributed by atoms with Crippen molar-refractivity contribution < 1.29 is 9.53 Å². The van der Waals surface area contributed by atoms with Crippen LogP contribution in [0.2, 0.25) is 0 Å². The molecule has 1 fully saturated rings. The highest BCUT2D eigenvalue weighted by Crippen LogP contribution is 2.23. The second-order valence-electron chi connectivity index (χ2n) is 7.03. The maximum absolute atomic E-state index is 12.9. The number of hydrogen-bond donors (Lipinski definition) is 1. The Hall–Kier alpha value is -2.47. The lowest BCUT2D eigenvalue weighted by atomic mass is 9.90. The number of carbonyl (C=O) groups excluding carboxylic acids is 1. The standard InChI is InChI=1S/C21H28N4O2/c1-16-23-19(15-20(24-16)22-10-13-27-2)21(26)25-11-8-18(9-12-25)14-17-6-4-3-5-7-17/h3-7,15,18H,8-14H2,1-2H3,(H,22,23,24). The summed E-state index contributed by atoms with van der Waals surface area (Å²) in [5, 5.41) is 3.17. The van der Waals surface area contributed by atoms with Crippen molar-refractivity contribution in [2.45, 2.75) is 26.2 Å². The third kappa shape index (κ3) is 5.50. The molecule has 1 N–H and O–H groups in total. The van der Waals surface area contributed by atoms with Crippen molar-refractivity contribution in [2.24, 2.45) is 5.92 Å². The Morgan fingerprint density at radius 1 is 1.22 bits per heavy atom. The number of methoxy groups -OCH3 is 1. The van der Waals surface area contributed by atoms with Crippen molar-refractivity contribution >= 4 is 11.7 Å². The lowest BCUT2D eigenvalue weighted by Crippen LogP contribution is -2.39. The number of anilines is 1. The van der Waals surface area contributed by atoms with Crippen molar-refractivity contribution in [3.05, 3.63) is 53.5 Å². The van der Waals surface area contributed by atoms with Gasteiger partial charge in [0.25, 0.3) is 5.91 Å². The molecule has 1 aromatic carbocycles. The van der Waals surface area contributed by atoms with Gasteiger partial charge < -0.3 is 15.0 Å². The largest absolute Gasteiger partial charge is 0.383 e. The van der Waals surface area contributed by atoms with Crippen LogP contribution in [0.15, 0.2) is 36.4 Å². The zero-order valence-corrected chi connectivity index (χ0v) is 16.1. The molecule has 3 rings (SSSR count). The summed E-state index contributed by atoms with van der Waals surface area (Å²) in [6.45, 7) is 4.61. The van der Waals surface area contributed by atoms with Crippen molar-refractivity contribution in [3.8, 4) is 0 Å². The Balaban J connectivity index is 1.57. The van der Waals surface area contributed by atoms with Crippen LogP contribution < -0.4 is 5.32 Å². The Labute approximate surface area is 161 Å². The van der Waals surface area contributed by atoms with Gasteiger partial charge in [0.05, 0.1) is 6.61 Å². The van der Waals surface area contributed by atoms with E-state index >= 15 is 0 Å². The van der Waals surface area contributed by atoms with Gasteiger partial charge in [-0.15, -0.1) is 0 Å². The first-order valence-corrected chi connectivity index (χ1v) is 9.57. The molecule has 144 valence electrons. The van der Waals surface area contributed by atoms with Gasteiger partial charge in [-0.25, -0.2) is 9.97 Å². The molecule has 0 atom stereocenters. The smallest absolute Gasteiger partial charge is 0.272 e. The van der Waals surface area contributed by atoms with Crippen LogP contribution >= 0.6 is 0 Å². The van der Waals surface area contributed by atoms with Gasteiger partial charge in [0.2, 0.25) is 0 Å². The molecule has 27 heavy (non-hydrogen) atoms. The molecule has 1 aromatic heterocycles. The minimum Gasteiger partial charge on any atom is -0.383 e. The van der Waals surface area contributed by atoms with Gasteiger partial charge in [-0.3, -0.25) is 4.79 Å². The third-order valence-corrected chi connectivity index (χ3v) is 4.94. The molecule has 0 unspecified atom stereocenters. The van der Waals surface area contributed by atoms with Gasteiger partial charge >= 0.3 is 0 Å². The highest BCUT2D eigenvalue weighted by atomic mass is 16.5. The van der Waals surface area contributed by atoms with Gasteiger partial charge in [0, 0.05) is 32.8 Å². The fraction of sp³-hybridized carbons (Fsp3) is 0.476. The number of nitrogens with zero attached hydrogens (tertiary/aromatic N) is 3. The van der Waals surface area contributed by atoms with Crippen LogP contribution in [0.3, 0.4) is 0 Å². The number of amides is 1. The van der Waals surface area contributed by atoms with E-state index in [0.717, 1.165) is 32.4 Å². The number of aryl methyl sites for hydroxylation is 1. The van der Waals surface area contributed by atoms with Crippen LogP contribution in [0.4, 0.5) is 5.82 Å². The molecule has 1 aliphatic rings. The average molecular weight is 368 g/mol. The van der Waals surface area contributed by atoms with Gasteiger partial charge in [-0.1, -0.05) is 30.3 Å². The molecule has 0 radical (unpaired) electrons. The number of nitrogens with one attached hydrogen (secondary N) is 1. The Morgan fingerprint density at radius 3 is 2.67 bits per heavy atom. The van der Waals surface area contributed by atoms with Gasteiger partial charge in [-0.05, 0) is 37.7 Å². The van der Waals surface area contributed by atoms with Crippen LogP contribution in [0.5, 0.6) is 0 Å². The minimum atomic E-state index is -0.00606. The zero-order chi connectivity index (χ0) is 19.1. The fourth-order valence-electron chi connectivity index (χ4n) is 3.50. The summed E-state index contributed by atoms with van der Waals surface area (Å²) in [6.07, 6.45) is 3.15. The maximum atomic E-state index is 12.9. The monoisotopic (exact) mass is 368 g/mol. The van der Waals surface area contributed by atoms with Gasteiger partial charge in [0.15, 0.2) is 0 Å². The summed E-state index contributed by atoms with van der Waals surface area (Å²) in [6, 6.07) is 12.3. The molecule has 2 heterocycles. The van der Waals surface area contributed by atoms with E-state index in [1.165, 1.54) is 5.56 Å². The number of ether oxygens (including phenoxy) is 1. The first-order chi connectivity index (χ1) is 13.2. The van der Waals surface area contributed by atoms with E-state index in [4.69, 9.17) is 4.74 Å². The minimum absolute atomic E-state index is 0.00606. The molecule has 0 spiro atoms. The van der Waals surface area contributed by atoms with Crippen molar-refractivity contribution in [1.29, 1.82) is 0 Å². The number of likely N-dealkylation sites (tertiary alicyclic amines) is 1. The van der Waals surface area contributed by atoms with E-state index in [9.17, 15) is 4.79 Å². The van der Waals surface area contributed by atoms with Crippen LogP contribution in [0, 0.1) is 12.8 Å². The summed E-state index contributed by atoms with van der Waals surface area (Å²) in [5.74, 6) is 1.89. The number of rotatable bonds is 7. The second kappa shape index (κ2) is 9.46. The predicted molar refractivity (Wildman–Crippen MR) is 106 cm³/mol. The molecule has 0 aliphatic carbocycles. The number of carbonyl (C=O) groups is 1. The van der Waals surface area contributed by atoms with E-state index in [2.05, 4.69) is 39.6 Å². The summed E-state index contributed by atoms with van der Waals surface area (Å²) in [7, 11) is 1.66. The Bertz CT molecular complexity index is 743. The van der Waals surface area contributed by atoms with E-state index < -0.39 is 0 Å². The molecule has 1 aliphatic heterocycles. The SMILES string of the molecule is COCCNc1cc(C(=O)N2CCC(Cc3ccccc3)CC2)nc(C)n1. The zero-order valence-electron chi connectivity index (χ0n) is 16.1. The van der Waals surface area contributed by atoms with Crippen LogP contribution in [-0.4, -0.2) is 54.1 Å². The summed E-state index contributed by atoms with van der Waals surface area (Å²) in [5.41, 5.74) is 1.84. The topological polar surface area (TPSA) is 67.3 Å². The summed E-state index contributed by atoms with van der Waals surface area (Å²) < 4.78 is 5.04. The number of piperidine rings is 1. The van der Waals surface area contributed by atoms with E-state index in [-0.39, 0.29) is 5.91 Å². The number of hydrogen-bond acceptors (Lipinski definition) is 5. The van der Waals surface area contributed by atoms with Crippen molar-refractivity contribution in [1.82, 2.24) is 14.9 Å². The molecule has 6 nitrogen and oxygen atoms in total. The average Bonchev–Trinajstić information content (AvgIpc) is 2.69. The number of benzene rings is 1. The molecule has 0 saturated carbocycles.